The molecule has 0 bridgehead atoms. The molecule has 0 atom stereocenters. The van der Waals surface area contributed by atoms with Gasteiger partial charge in [0, 0.05) is 19.0 Å². The number of nitrogens with one attached hydrogen (secondary N) is 2. The van der Waals surface area contributed by atoms with E-state index < -0.39 is 0 Å². The summed E-state index contributed by atoms with van der Waals surface area (Å²) in [6.07, 6.45) is 8.71. The quantitative estimate of drug-likeness (QED) is 0.787. The first-order chi connectivity index (χ1) is 9.28. The van der Waals surface area contributed by atoms with E-state index in [1.165, 1.54) is 42.6 Å². The van der Waals surface area contributed by atoms with E-state index in [-0.39, 0.29) is 5.91 Å². The van der Waals surface area contributed by atoms with Crippen molar-refractivity contribution in [1.29, 1.82) is 0 Å². The highest BCUT2D eigenvalue weighted by Crippen LogP contribution is 2.19. The van der Waals surface area contributed by atoms with Gasteiger partial charge in [0.05, 0.1) is 12.1 Å². The van der Waals surface area contributed by atoms with E-state index in [1.807, 2.05) is 12.4 Å². The second-order valence-corrected chi connectivity index (χ2v) is 5.64. The molecular formula is C14H21N3OS. The first-order valence-electron chi connectivity index (χ1n) is 6.84. The average molecular weight is 279 g/mol. The van der Waals surface area contributed by atoms with Crippen molar-refractivity contribution < 1.29 is 4.79 Å². The molecule has 104 valence electrons. The van der Waals surface area contributed by atoms with Gasteiger partial charge in [0.1, 0.15) is 0 Å². The number of hydrogen-bond donors (Lipinski definition) is 2. The molecule has 19 heavy (non-hydrogen) atoms. The van der Waals surface area contributed by atoms with Crippen LogP contribution in [0.5, 0.6) is 0 Å². The van der Waals surface area contributed by atoms with Gasteiger partial charge in [0.2, 0.25) is 5.91 Å². The predicted molar refractivity (Wildman–Crippen MR) is 79.5 cm³/mol. The zero-order chi connectivity index (χ0) is 13.5. The van der Waals surface area contributed by atoms with Crippen LogP contribution in [0.25, 0.3) is 0 Å². The molecule has 0 aromatic carbocycles. The number of aromatic nitrogens is 1. The van der Waals surface area contributed by atoms with Crippen molar-refractivity contribution in [2.75, 3.05) is 18.9 Å². The zero-order valence-corrected chi connectivity index (χ0v) is 12.2. The summed E-state index contributed by atoms with van der Waals surface area (Å²) in [7, 11) is 1.83. The number of anilines is 1. The van der Waals surface area contributed by atoms with Gasteiger partial charge in [0.15, 0.2) is 5.13 Å². The Labute approximate surface area is 118 Å². The summed E-state index contributed by atoms with van der Waals surface area (Å²) in [6.45, 7) is 0.744. The molecule has 1 amide bonds. The van der Waals surface area contributed by atoms with Gasteiger partial charge in [-0.25, -0.2) is 4.98 Å². The maximum Gasteiger partial charge on any atom is 0.226 e. The van der Waals surface area contributed by atoms with Gasteiger partial charge in [-0.3, -0.25) is 4.79 Å². The third-order valence-electron chi connectivity index (χ3n) is 3.26. The number of allylic oxidation sites excluding steroid dienone is 1. The Morgan fingerprint density at radius 2 is 2.37 bits per heavy atom. The van der Waals surface area contributed by atoms with Gasteiger partial charge in [-0.1, -0.05) is 11.6 Å². The monoisotopic (exact) mass is 279 g/mol. The third-order valence-corrected chi connectivity index (χ3v) is 4.17. The van der Waals surface area contributed by atoms with Gasteiger partial charge in [-0.05, 0) is 32.1 Å². The maximum atomic E-state index is 11.8. The fourth-order valence-corrected chi connectivity index (χ4v) is 2.90. The van der Waals surface area contributed by atoms with Crippen LogP contribution in [-0.2, 0) is 11.2 Å². The smallest absolute Gasteiger partial charge is 0.226 e. The molecule has 0 radical (unpaired) electrons. The first-order valence-corrected chi connectivity index (χ1v) is 7.72. The molecule has 1 aromatic rings. The van der Waals surface area contributed by atoms with E-state index in [4.69, 9.17) is 0 Å². The first kappa shape index (κ1) is 14.1. The summed E-state index contributed by atoms with van der Waals surface area (Å²) in [6, 6.07) is 0. The predicted octanol–water partition coefficient (Wildman–Crippen LogP) is 2.73. The largest absolute Gasteiger partial charge is 0.365 e. The van der Waals surface area contributed by atoms with Crippen molar-refractivity contribution in [3.8, 4) is 0 Å². The van der Waals surface area contributed by atoms with E-state index in [0.717, 1.165) is 23.8 Å². The summed E-state index contributed by atoms with van der Waals surface area (Å²) >= 11 is 1.53. The molecule has 5 heteroatoms. The van der Waals surface area contributed by atoms with Crippen LogP contribution in [0.1, 0.15) is 37.8 Å². The molecule has 4 nitrogen and oxygen atoms in total. The van der Waals surface area contributed by atoms with Gasteiger partial charge < -0.3 is 10.6 Å². The number of carbonyl (C=O) groups is 1. The van der Waals surface area contributed by atoms with Crippen LogP contribution in [0.3, 0.4) is 0 Å². The summed E-state index contributed by atoms with van der Waals surface area (Å²) in [4.78, 5) is 16.1. The van der Waals surface area contributed by atoms with Gasteiger partial charge in [-0.15, -0.1) is 11.3 Å². The summed E-state index contributed by atoms with van der Waals surface area (Å²) < 4.78 is 0. The minimum absolute atomic E-state index is 0.0596. The van der Waals surface area contributed by atoms with Crippen LogP contribution in [0.15, 0.2) is 17.0 Å². The minimum Gasteiger partial charge on any atom is -0.365 e. The normalized spacial score (nSPS) is 14.9. The van der Waals surface area contributed by atoms with Crippen LogP contribution in [-0.4, -0.2) is 24.5 Å². The van der Waals surface area contributed by atoms with E-state index in [0.29, 0.717) is 6.42 Å². The fraction of sp³-hybridized carbons (Fsp3) is 0.571. The van der Waals surface area contributed by atoms with Crippen molar-refractivity contribution in [1.82, 2.24) is 10.3 Å². The molecule has 1 aliphatic carbocycles. The van der Waals surface area contributed by atoms with Crippen LogP contribution in [0.4, 0.5) is 5.13 Å². The van der Waals surface area contributed by atoms with E-state index >= 15 is 0 Å². The number of carbonyl (C=O) groups excluding carboxylic acids is 1. The Balaban J connectivity index is 1.68. The van der Waals surface area contributed by atoms with Crippen molar-refractivity contribution in [3.63, 3.8) is 0 Å². The molecule has 0 aliphatic heterocycles. The molecule has 2 N–H and O–H groups in total. The Morgan fingerprint density at radius 3 is 3.05 bits per heavy atom. The highest BCUT2D eigenvalue weighted by Gasteiger charge is 2.08. The molecule has 2 rings (SSSR count). The van der Waals surface area contributed by atoms with Gasteiger partial charge in [-0.2, -0.15) is 0 Å². The SMILES string of the molecule is CNc1nc(CC(=O)NCCC2=CCCCC2)cs1. The summed E-state index contributed by atoms with van der Waals surface area (Å²) in [5.74, 6) is 0.0596. The number of nitrogens with zero attached hydrogens (tertiary/aromatic N) is 1. The van der Waals surface area contributed by atoms with E-state index in [1.54, 1.807) is 0 Å². The van der Waals surface area contributed by atoms with Crippen molar-refractivity contribution in [3.05, 3.63) is 22.7 Å². The second-order valence-electron chi connectivity index (χ2n) is 4.78. The molecule has 0 unspecified atom stereocenters. The summed E-state index contributed by atoms with van der Waals surface area (Å²) in [5.41, 5.74) is 2.33. The molecule has 1 aromatic heterocycles. The molecule has 0 fully saturated rings. The van der Waals surface area contributed by atoms with Crippen LogP contribution in [0, 0.1) is 0 Å². The Morgan fingerprint density at radius 1 is 1.47 bits per heavy atom. The van der Waals surface area contributed by atoms with Crippen molar-refractivity contribution >= 4 is 22.4 Å². The molecular weight excluding hydrogens is 258 g/mol. The lowest BCUT2D eigenvalue weighted by molar-refractivity contribution is -0.120. The van der Waals surface area contributed by atoms with Gasteiger partial charge >= 0.3 is 0 Å². The molecule has 1 aliphatic rings. The lowest BCUT2D eigenvalue weighted by atomic mass is 9.97. The van der Waals surface area contributed by atoms with Crippen LogP contribution < -0.4 is 10.6 Å². The second kappa shape index (κ2) is 7.28. The van der Waals surface area contributed by atoms with Crippen molar-refractivity contribution in [2.24, 2.45) is 0 Å². The maximum absolute atomic E-state index is 11.8. The number of rotatable bonds is 6. The molecule has 0 saturated heterocycles. The lowest BCUT2D eigenvalue weighted by Crippen LogP contribution is -2.26. The number of thiazole rings is 1. The topological polar surface area (TPSA) is 54.0 Å². The minimum atomic E-state index is 0.0596. The van der Waals surface area contributed by atoms with Crippen LogP contribution in [0.2, 0.25) is 0 Å². The van der Waals surface area contributed by atoms with Gasteiger partial charge in [0.25, 0.3) is 0 Å². The highest BCUT2D eigenvalue weighted by atomic mass is 32.1. The Kier molecular flexibility index (Phi) is 5.39. The fourth-order valence-electron chi connectivity index (χ4n) is 2.22. The number of amides is 1. The summed E-state index contributed by atoms with van der Waals surface area (Å²) in [5, 5.41) is 8.73. The zero-order valence-electron chi connectivity index (χ0n) is 11.4. The highest BCUT2D eigenvalue weighted by molar-refractivity contribution is 7.13. The molecule has 1 heterocycles. The van der Waals surface area contributed by atoms with Crippen LogP contribution >= 0.6 is 11.3 Å². The van der Waals surface area contributed by atoms with E-state index in [2.05, 4.69) is 21.7 Å². The standard InChI is InChI=1S/C14H21N3OS/c1-15-14-17-12(10-19-14)9-13(18)16-8-7-11-5-3-2-4-6-11/h5,10H,2-4,6-9H2,1H3,(H,15,17)(H,16,18). The number of hydrogen-bond acceptors (Lipinski definition) is 4. The Bertz CT molecular complexity index is 453. The average Bonchev–Trinajstić information content (AvgIpc) is 2.87. The molecule has 0 spiro atoms. The van der Waals surface area contributed by atoms with Crippen molar-refractivity contribution in [2.45, 2.75) is 38.5 Å². The third kappa shape index (κ3) is 4.67. The lowest BCUT2D eigenvalue weighted by Gasteiger charge is -2.12. The van der Waals surface area contributed by atoms with E-state index in [9.17, 15) is 4.79 Å². The molecule has 0 saturated carbocycles. The Hall–Kier alpha value is -1.36.